The molecule has 0 aromatic rings. The predicted octanol–water partition coefficient (Wildman–Crippen LogP) is 11.6. The molecule has 0 amide bonds. The van der Waals surface area contributed by atoms with E-state index in [4.69, 9.17) is 9.47 Å². The van der Waals surface area contributed by atoms with Gasteiger partial charge in [-0.1, -0.05) is 107 Å². The number of nitrogens with zero attached hydrogens (tertiary/aromatic N) is 2. The normalized spacial score (nSPS) is 13.7. The molecule has 0 saturated carbocycles. The molecule has 0 N–H and O–H groups in total. The van der Waals surface area contributed by atoms with Gasteiger partial charge in [0.15, 0.2) is 0 Å². The number of hydrogen-bond donors (Lipinski definition) is 0. The van der Waals surface area contributed by atoms with E-state index in [1.807, 2.05) is 0 Å². The van der Waals surface area contributed by atoms with Crippen LogP contribution in [-0.2, 0) is 19.1 Å². The summed E-state index contributed by atoms with van der Waals surface area (Å²) in [4.78, 5) is 29.6. The lowest BCUT2D eigenvalue weighted by Crippen LogP contribution is -2.51. The number of esters is 2. The molecule has 0 bridgehead atoms. The molecule has 0 aliphatic carbocycles. The molecule has 0 aliphatic rings. The molecule has 298 valence electrons. The van der Waals surface area contributed by atoms with Gasteiger partial charge in [-0.3, -0.25) is 14.5 Å². The number of hydrogen-bond acceptors (Lipinski definition) is 6. The molecule has 0 heterocycles. The van der Waals surface area contributed by atoms with Crippen molar-refractivity contribution in [2.75, 3.05) is 46.9 Å². The minimum Gasteiger partial charge on any atom is -0.466 e. The highest BCUT2D eigenvalue weighted by atomic mass is 16.5. The summed E-state index contributed by atoms with van der Waals surface area (Å²) in [6.07, 6.45) is 19.3. The van der Waals surface area contributed by atoms with Gasteiger partial charge in [0.1, 0.15) is 0 Å². The largest absolute Gasteiger partial charge is 0.466 e. The highest BCUT2D eigenvalue weighted by molar-refractivity contribution is 5.69. The van der Waals surface area contributed by atoms with E-state index >= 15 is 0 Å². The molecule has 6 heteroatoms. The first-order valence-corrected chi connectivity index (χ1v) is 21.3. The standard InChI is InChI=1S/C44H88N2O4/c1-36(2)25-27-40(38(5)6)29-33-49-42(47)23-19-15-13-17-21-31-46(44(9,10)35-45(11)12)32-22-18-14-16-20-24-43(48)50-34-30-41(39(7)8)28-26-37(3)4/h36-41H,13-35H2,1-12H3. The van der Waals surface area contributed by atoms with Crippen LogP contribution in [0.2, 0.25) is 0 Å². The van der Waals surface area contributed by atoms with E-state index < -0.39 is 0 Å². The van der Waals surface area contributed by atoms with Crippen LogP contribution in [0.25, 0.3) is 0 Å². The number of ether oxygens (including phenoxy) is 2. The van der Waals surface area contributed by atoms with Crippen molar-refractivity contribution >= 4 is 11.9 Å². The summed E-state index contributed by atoms with van der Waals surface area (Å²) in [6, 6.07) is 0. The Morgan fingerprint density at radius 3 is 1.22 bits per heavy atom. The van der Waals surface area contributed by atoms with Gasteiger partial charge < -0.3 is 14.4 Å². The molecule has 0 radical (unpaired) electrons. The number of carbonyl (C=O) groups excluding carboxylic acids is 2. The van der Waals surface area contributed by atoms with Crippen molar-refractivity contribution in [3.63, 3.8) is 0 Å². The Morgan fingerprint density at radius 1 is 0.520 bits per heavy atom. The van der Waals surface area contributed by atoms with Crippen molar-refractivity contribution in [1.29, 1.82) is 0 Å². The van der Waals surface area contributed by atoms with E-state index in [1.54, 1.807) is 0 Å². The molecule has 2 unspecified atom stereocenters. The summed E-state index contributed by atoms with van der Waals surface area (Å²) >= 11 is 0. The Hall–Kier alpha value is -1.14. The van der Waals surface area contributed by atoms with Gasteiger partial charge in [-0.15, -0.1) is 0 Å². The zero-order valence-corrected chi connectivity index (χ0v) is 35.8. The van der Waals surface area contributed by atoms with Crippen LogP contribution in [-0.4, -0.2) is 74.2 Å². The van der Waals surface area contributed by atoms with Crippen LogP contribution in [0.4, 0.5) is 0 Å². The van der Waals surface area contributed by atoms with Gasteiger partial charge in [-0.2, -0.15) is 0 Å². The predicted molar refractivity (Wildman–Crippen MR) is 216 cm³/mol. The van der Waals surface area contributed by atoms with Crippen LogP contribution < -0.4 is 0 Å². The molecule has 2 atom stereocenters. The first-order chi connectivity index (χ1) is 23.5. The topological polar surface area (TPSA) is 59.1 Å². The molecule has 0 aromatic carbocycles. The fourth-order valence-electron chi connectivity index (χ4n) is 7.31. The van der Waals surface area contributed by atoms with Gasteiger partial charge in [0, 0.05) is 24.9 Å². The van der Waals surface area contributed by atoms with Crippen molar-refractivity contribution < 1.29 is 19.1 Å². The third-order valence-corrected chi connectivity index (χ3v) is 10.8. The Labute approximate surface area is 313 Å². The van der Waals surface area contributed by atoms with Gasteiger partial charge in [0.2, 0.25) is 0 Å². The summed E-state index contributed by atoms with van der Waals surface area (Å²) in [5.41, 5.74) is 0.129. The molecule has 0 rings (SSSR count). The molecule has 50 heavy (non-hydrogen) atoms. The minimum absolute atomic E-state index is 0.0180. The quantitative estimate of drug-likeness (QED) is 0.0500. The second-order valence-electron chi connectivity index (χ2n) is 18.0. The SMILES string of the molecule is CC(C)CCC(CCOC(=O)CCCCCCCN(CCCCCCCC(=O)OCCC(CCC(C)C)C(C)C)C(C)(C)CN(C)C)C(C)C. The maximum atomic E-state index is 12.3. The van der Waals surface area contributed by atoms with Crippen LogP contribution in [0, 0.1) is 35.5 Å². The zero-order chi connectivity index (χ0) is 38.0. The maximum Gasteiger partial charge on any atom is 0.305 e. The third kappa shape index (κ3) is 27.5. The molecule has 0 spiro atoms. The van der Waals surface area contributed by atoms with Crippen LogP contribution in [0.1, 0.15) is 185 Å². The van der Waals surface area contributed by atoms with Gasteiger partial charge in [-0.25, -0.2) is 0 Å². The van der Waals surface area contributed by atoms with Crippen LogP contribution in [0.5, 0.6) is 0 Å². The van der Waals surface area contributed by atoms with E-state index in [0.29, 0.717) is 49.7 Å². The Kier molecular flexibility index (Phi) is 28.7. The lowest BCUT2D eigenvalue weighted by Gasteiger charge is -2.40. The summed E-state index contributed by atoms with van der Waals surface area (Å²) in [6.45, 7) is 27.5. The van der Waals surface area contributed by atoms with Crippen LogP contribution in [0.3, 0.4) is 0 Å². The molecule has 0 aliphatic heterocycles. The number of likely N-dealkylation sites (N-methyl/N-ethyl adjacent to an activating group) is 1. The Morgan fingerprint density at radius 2 is 0.880 bits per heavy atom. The van der Waals surface area contributed by atoms with E-state index in [0.717, 1.165) is 70.0 Å². The highest BCUT2D eigenvalue weighted by Gasteiger charge is 2.26. The average Bonchev–Trinajstić information content (AvgIpc) is 3.00. The minimum atomic E-state index is -0.0180. The van der Waals surface area contributed by atoms with E-state index in [1.165, 1.54) is 64.2 Å². The second kappa shape index (κ2) is 29.3. The van der Waals surface area contributed by atoms with E-state index in [2.05, 4.69) is 93.1 Å². The Balaban J connectivity index is 4.27. The van der Waals surface area contributed by atoms with E-state index in [9.17, 15) is 9.59 Å². The van der Waals surface area contributed by atoms with Gasteiger partial charge in [0.05, 0.1) is 13.2 Å². The maximum absolute atomic E-state index is 12.3. The summed E-state index contributed by atoms with van der Waals surface area (Å²) in [5, 5.41) is 0. The molecule has 0 fully saturated rings. The van der Waals surface area contributed by atoms with E-state index in [-0.39, 0.29) is 17.5 Å². The van der Waals surface area contributed by atoms with Crippen LogP contribution in [0.15, 0.2) is 0 Å². The van der Waals surface area contributed by atoms with Crippen molar-refractivity contribution in [2.24, 2.45) is 35.5 Å². The molecule has 0 aromatic heterocycles. The number of rotatable bonds is 33. The Bertz CT molecular complexity index is 767. The smallest absolute Gasteiger partial charge is 0.305 e. The highest BCUT2D eigenvalue weighted by Crippen LogP contribution is 2.25. The lowest BCUT2D eigenvalue weighted by molar-refractivity contribution is -0.145. The van der Waals surface area contributed by atoms with Crippen molar-refractivity contribution in [3.05, 3.63) is 0 Å². The lowest BCUT2D eigenvalue weighted by atomic mass is 9.86. The molecular formula is C44H88N2O4. The second-order valence-corrected chi connectivity index (χ2v) is 18.0. The van der Waals surface area contributed by atoms with Crippen molar-refractivity contribution in [3.8, 4) is 0 Å². The van der Waals surface area contributed by atoms with Crippen molar-refractivity contribution in [2.45, 2.75) is 190 Å². The zero-order valence-electron chi connectivity index (χ0n) is 35.8. The molecule has 0 saturated heterocycles. The summed E-state index contributed by atoms with van der Waals surface area (Å²) in [7, 11) is 4.34. The summed E-state index contributed by atoms with van der Waals surface area (Å²) in [5.74, 6) is 4.00. The van der Waals surface area contributed by atoms with Gasteiger partial charge >= 0.3 is 11.9 Å². The first kappa shape index (κ1) is 48.9. The average molecular weight is 709 g/mol. The molecule has 6 nitrogen and oxygen atoms in total. The monoisotopic (exact) mass is 709 g/mol. The van der Waals surface area contributed by atoms with Crippen LogP contribution >= 0.6 is 0 Å². The fraction of sp³-hybridized carbons (Fsp3) is 0.955. The fourth-order valence-corrected chi connectivity index (χ4v) is 7.31. The number of unbranched alkanes of at least 4 members (excludes halogenated alkanes) is 8. The van der Waals surface area contributed by atoms with Gasteiger partial charge in [-0.05, 0) is 128 Å². The summed E-state index contributed by atoms with van der Waals surface area (Å²) < 4.78 is 11.2. The number of carbonyl (C=O) groups is 2. The van der Waals surface area contributed by atoms with Gasteiger partial charge in [0.25, 0.3) is 0 Å². The first-order valence-electron chi connectivity index (χ1n) is 21.3. The van der Waals surface area contributed by atoms with Crippen molar-refractivity contribution in [1.82, 2.24) is 9.80 Å². The third-order valence-electron chi connectivity index (χ3n) is 10.8. The molecular weight excluding hydrogens is 620 g/mol.